The lowest BCUT2D eigenvalue weighted by Gasteiger charge is -2.18. The van der Waals surface area contributed by atoms with Crippen molar-refractivity contribution in [2.45, 2.75) is 0 Å². The largest absolute Gasteiger partial charge is 0.309 e. The highest BCUT2D eigenvalue weighted by Gasteiger charge is 2.21. The van der Waals surface area contributed by atoms with E-state index < -0.39 is 0 Å². The summed E-state index contributed by atoms with van der Waals surface area (Å²) in [6.45, 7) is 0. The van der Waals surface area contributed by atoms with Gasteiger partial charge in [-0.15, -0.1) is 0 Å². The Morgan fingerprint density at radius 3 is 1.56 bits per heavy atom. The summed E-state index contributed by atoms with van der Waals surface area (Å²) in [6.07, 6.45) is 0. The molecule has 0 amide bonds. The number of para-hydroxylation sites is 3. The molecular weight excluding hydrogens is 717 g/mol. The first-order chi connectivity index (χ1) is 29.3. The summed E-state index contributed by atoms with van der Waals surface area (Å²) in [5.41, 5.74) is 8.50. The van der Waals surface area contributed by atoms with Crippen LogP contribution in [0.25, 0.3) is 116 Å². The summed E-state index contributed by atoms with van der Waals surface area (Å²) in [6, 6.07) is 73.4. The molecule has 4 heteroatoms. The lowest BCUT2D eigenvalue weighted by molar-refractivity contribution is 1.07. The molecule has 10 aromatic carbocycles. The molecule has 0 aliphatic carbocycles. The fourth-order valence-corrected chi connectivity index (χ4v) is 9.20. The Hall–Kier alpha value is -7.95. The van der Waals surface area contributed by atoms with E-state index in [2.05, 4.69) is 193 Å². The minimum Gasteiger partial charge on any atom is -0.309 e. The molecule has 2 heterocycles. The molecule has 0 spiro atoms. The predicted molar refractivity (Wildman–Crippen MR) is 246 cm³/mol. The van der Waals surface area contributed by atoms with Gasteiger partial charge in [0, 0.05) is 27.5 Å². The van der Waals surface area contributed by atoms with Crippen molar-refractivity contribution in [2.75, 3.05) is 0 Å². The SMILES string of the molecule is c1ccc(-c2nc(-c3ccccc3-n3c4ccccc4c4ccccc43)nc(-c3ccc(-c4c5ccccc5cc5c4ccc4ccccc45)c4ccccc34)n2)cc1. The van der Waals surface area contributed by atoms with Gasteiger partial charge in [0.05, 0.1) is 16.7 Å². The molecule has 0 aliphatic rings. The van der Waals surface area contributed by atoms with Gasteiger partial charge in [-0.3, -0.25) is 0 Å². The molecule has 0 aliphatic heterocycles. The standard InChI is InChI=1S/C55H34N4/c1-2-17-36(18-3-1)53-56-54(58-55(57-53)47-26-12-15-29-51(47)59-49-27-13-10-24-42(49)43-25-11-14-28-50(43)59)46-33-32-44(40-22-8-9-23-41(40)46)52-39-21-7-5-19-37(39)34-48-38-20-6-4-16-35(38)30-31-45(48)52/h1-34H. The van der Waals surface area contributed by atoms with Crippen molar-refractivity contribution >= 4 is 64.9 Å². The molecule has 0 bridgehead atoms. The average molecular weight is 751 g/mol. The third-order valence-electron chi connectivity index (χ3n) is 11.8. The zero-order valence-electron chi connectivity index (χ0n) is 31.9. The Labute approximate surface area is 340 Å². The fraction of sp³-hybridized carbons (Fsp3) is 0. The van der Waals surface area contributed by atoms with Gasteiger partial charge in [-0.1, -0.05) is 170 Å². The molecule has 0 fully saturated rings. The van der Waals surface area contributed by atoms with Crippen LogP contribution in [0.4, 0.5) is 0 Å². The first-order valence-electron chi connectivity index (χ1n) is 20.0. The monoisotopic (exact) mass is 750 g/mol. The third-order valence-corrected chi connectivity index (χ3v) is 11.8. The molecule has 12 aromatic rings. The molecule has 59 heavy (non-hydrogen) atoms. The molecule has 12 rings (SSSR count). The van der Waals surface area contributed by atoms with Crippen LogP contribution in [-0.2, 0) is 0 Å². The second-order valence-corrected chi connectivity index (χ2v) is 15.1. The van der Waals surface area contributed by atoms with E-state index in [1.54, 1.807) is 0 Å². The van der Waals surface area contributed by atoms with Crippen LogP contribution in [-0.4, -0.2) is 19.5 Å². The quantitative estimate of drug-likeness (QED) is 0.130. The Bertz CT molecular complexity index is 3570. The molecule has 4 nitrogen and oxygen atoms in total. The Kier molecular flexibility index (Phi) is 7.50. The van der Waals surface area contributed by atoms with Gasteiger partial charge in [0.15, 0.2) is 17.5 Å². The van der Waals surface area contributed by atoms with E-state index in [9.17, 15) is 0 Å². The van der Waals surface area contributed by atoms with Crippen molar-refractivity contribution in [3.8, 4) is 51.0 Å². The van der Waals surface area contributed by atoms with Gasteiger partial charge in [-0.25, -0.2) is 15.0 Å². The van der Waals surface area contributed by atoms with Gasteiger partial charge in [-0.2, -0.15) is 0 Å². The highest BCUT2D eigenvalue weighted by atomic mass is 15.1. The molecule has 0 N–H and O–H groups in total. The summed E-state index contributed by atoms with van der Waals surface area (Å²) in [5, 5.41) is 12.1. The van der Waals surface area contributed by atoms with Gasteiger partial charge < -0.3 is 4.57 Å². The van der Waals surface area contributed by atoms with Crippen LogP contribution in [0.3, 0.4) is 0 Å². The second-order valence-electron chi connectivity index (χ2n) is 15.1. The second kappa shape index (κ2) is 13.3. The first kappa shape index (κ1) is 33.2. The number of fused-ring (bicyclic) bond motifs is 8. The first-order valence-corrected chi connectivity index (χ1v) is 20.0. The van der Waals surface area contributed by atoms with Crippen molar-refractivity contribution in [3.63, 3.8) is 0 Å². The van der Waals surface area contributed by atoms with E-state index in [4.69, 9.17) is 15.0 Å². The van der Waals surface area contributed by atoms with E-state index in [1.165, 1.54) is 54.2 Å². The lowest BCUT2D eigenvalue weighted by Crippen LogP contribution is -2.04. The van der Waals surface area contributed by atoms with Crippen LogP contribution < -0.4 is 0 Å². The number of aromatic nitrogens is 4. The van der Waals surface area contributed by atoms with Crippen LogP contribution in [0.2, 0.25) is 0 Å². The highest BCUT2D eigenvalue weighted by molar-refractivity contribution is 6.23. The van der Waals surface area contributed by atoms with E-state index in [1.807, 2.05) is 18.2 Å². The molecule has 0 radical (unpaired) electrons. The van der Waals surface area contributed by atoms with Crippen LogP contribution in [0.1, 0.15) is 0 Å². The molecule has 2 aromatic heterocycles. The third kappa shape index (κ3) is 5.27. The van der Waals surface area contributed by atoms with Gasteiger partial charge >= 0.3 is 0 Å². The topological polar surface area (TPSA) is 43.6 Å². The van der Waals surface area contributed by atoms with E-state index in [0.717, 1.165) is 44.2 Å². The smallest absolute Gasteiger partial charge is 0.166 e. The summed E-state index contributed by atoms with van der Waals surface area (Å²) in [5.74, 6) is 1.87. The Morgan fingerprint density at radius 1 is 0.288 bits per heavy atom. The molecule has 0 atom stereocenters. The molecule has 0 saturated heterocycles. The number of hydrogen-bond acceptors (Lipinski definition) is 3. The van der Waals surface area contributed by atoms with Crippen molar-refractivity contribution in [1.29, 1.82) is 0 Å². The fourth-order valence-electron chi connectivity index (χ4n) is 9.20. The number of hydrogen-bond donors (Lipinski definition) is 0. The molecular formula is C55H34N4. The molecule has 0 unspecified atom stereocenters. The average Bonchev–Trinajstić information content (AvgIpc) is 3.65. The zero-order valence-corrected chi connectivity index (χ0v) is 31.9. The highest BCUT2D eigenvalue weighted by Crippen LogP contribution is 2.44. The number of nitrogens with zero attached hydrogens (tertiary/aromatic N) is 4. The molecule has 0 saturated carbocycles. The van der Waals surface area contributed by atoms with Crippen molar-refractivity contribution < 1.29 is 0 Å². The normalized spacial score (nSPS) is 11.7. The summed E-state index contributed by atoms with van der Waals surface area (Å²) in [4.78, 5) is 15.9. The van der Waals surface area contributed by atoms with E-state index in [-0.39, 0.29) is 0 Å². The van der Waals surface area contributed by atoms with Crippen LogP contribution >= 0.6 is 0 Å². The minimum absolute atomic E-state index is 0.617. The summed E-state index contributed by atoms with van der Waals surface area (Å²) >= 11 is 0. The summed E-state index contributed by atoms with van der Waals surface area (Å²) in [7, 11) is 0. The van der Waals surface area contributed by atoms with Gasteiger partial charge in [0.1, 0.15) is 0 Å². The van der Waals surface area contributed by atoms with E-state index in [0.29, 0.717) is 17.5 Å². The van der Waals surface area contributed by atoms with Gasteiger partial charge in [0.2, 0.25) is 0 Å². The predicted octanol–water partition coefficient (Wildman–Crippen LogP) is 14.2. The summed E-state index contributed by atoms with van der Waals surface area (Å²) < 4.78 is 2.34. The van der Waals surface area contributed by atoms with Gasteiger partial charge in [-0.05, 0) is 90.6 Å². The van der Waals surface area contributed by atoms with Crippen molar-refractivity contribution in [1.82, 2.24) is 19.5 Å². The minimum atomic E-state index is 0.617. The van der Waals surface area contributed by atoms with E-state index >= 15 is 0 Å². The maximum absolute atomic E-state index is 5.38. The van der Waals surface area contributed by atoms with Crippen molar-refractivity contribution in [3.05, 3.63) is 206 Å². The Balaban J connectivity index is 1.11. The maximum atomic E-state index is 5.38. The lowest BCUT2D eigenvalue weighted by atomic mass is 9.87. The van der Waals surface area contributed by atoms with Crippen LogP contribution in [0, 0.1) is 0 Å². The zero-order chi connectivity index (χ0) is 38.9. The van der Waals surface area contributed by atoms with Crippen LogP contribution in [0.5, 0.6) is 0 Å². The maximum Gasteiger partial charge on any atom is 0.166 e. The van der Waals surface area contributed by atoms with Crippen molar-refractivity contribution in [2.24, 2.45) is 0 Å². The number of benzene rings is 10. The van der Waals surface area contributed by atoms with Crippen LogP contribution in [0.15, 0.2) is 206 Å². The number of rotatable bonds is 5. The molecule has 274 valence electrons. The Morgan fingerprint density at radius 2 is 0.814 bits per heavy atom. The van der Waals surface area contributed by atoms with Gasteiger partial charge in [0.25, 0.3) is 0 Å².